The van der Waals surface area contributed by atoms with Gasteiger partial charge in [-0.25, -0.2) is 0 Å². The molecule has 0 nitrogen and oxygen atoms in total. The average molecular weight is 982 g/mol. The Balaban J connectivity index is 1.38. The summed E-state index contributed by atoms with van der Waals surface area (Å²) < 4.78 is 1.20. The molecule has 0 saturated heterocycles. The van der Waals surface area contributed by atoms with Crippen LogP contribution in [0.3, 0.4) is 0 Å². The molecule has 0 saturated carbocycles. The third-order valence-electron chi connectivity index (χ3n) is 14.0. The topological polar surface area (TPSA) is 0 Å². The minimum absolute atomic E-state index is 0.0616. The van der Waals surface area contributed by atoms with Crippen molar-refractivity contribution < 1.29 is 16.1 Å². The molecule has 0 aromatic heterocycles. The Hall–Kier alpha value is -3.53. The summed E-state index contributed by atoms with van der Waals surface area (Å²) >= 11 is -5.78. The maximum atomic E-state index is 9.36. The van der Waals surface area contributed by atoms with Crippen LogP contribution in [0.4, 0.5) is 0 Å². The average Bonchev–Trinajstić information content (AvgIpc) is 3.90. The molecule has 3 aliphatic rings. The van der Waals surface area contributed by atoms with Crippen molar-refractivity contribution >= 4 is 52.5 Å². The van der Waals surface area contributed by atoms with Gasteiger partial charge in [0.25, 0.3) is 0 Å². The quantitative estimate of drug-likeness (QED) is 0.126. The number of benzene rings is 6. The van der Waals surface area contributed by atoms with Gasteiger partial charge in [-0.3, -0.25) is 0 Å². The van der Waals surface area contributed by atoms with E-state index in [0.29, 0.717) is 0 Å². The zero-order chi connectivity index (χ0) is 40.7. The van der Waals surface area contributed by atoms with Gasteiger partial charge < -0.3 is 0 Å². The molecular formula is C54H55Cl2HfSi. The van der Waals surface area contributed by atoms with E-state index in [-0.39, 0.29) is 7.35 Å². The first kappa shape index (κ1) is 39.9. The summed E-state index contributed by atoms with van der Waals surface area (Å²) in [7, 11) is 17.9. The third-order valence-corrected chi connectivity index (χ3v) is 45.8. The van der Waals surface area contributed by atoms with E-state index in [9.17, 15) is 17.2 Å². The van der Waals surface area contributed by atoms with Crippen LogP contribution in [-0.2, 0) is 16.1 Å². The molecule has 293 valence electrons. The third kappa shape index (κ3) is 6.06. The second kappa shape index (κ2) is 14.9. The van der Waals surface area contributed by atoms with Gasteiger partial charge in [0.15, 0.2) is 0 Å². The number of hydrogen-bond acceptors (Lipinski definition) is 0. The van der Waals surface area contributed by atoms with E-state index in [0.717, 1.165) is 25.7 Å². The molecule has 0 bridgehead atoms. The van der Waals surface area contributed by atoms with Crippen molar-refractivity contribution in [2.75, 3.05) is 0 Å². The minimum atomic E-state index is -5.78. The molecule has 4 heteroatoms. The van der Waals surface area contributed by atoms with Crippen LogP contribution in [0.5, 0.6) is 0 Å². The molecule has 9 rings (SSSR count). The van der Waals surface area contributed by atoms with E-state index >= 15 is 0 Å². The Morgan fingerprint density at radius 1 is 0.517 bits per heavy atom. The second-order valence-corrected chi connectivity index (χ2v) is 48.8. The Morgan fingerprint density at radius 3 is 1.50 bits per heavy atom. The molecule has 1 heterocycles. The Labute approximate surface area is 357 Å². The maximum absolute atomic E-state index is 9.36. The molecule has 2 aliphatic carbocycles. The van der Waals surface area contributed by atoms with Gasteiger partial charge in [0.2, 0.25) is 0 Å². The van der Waals surface area contributed by atoms with Crippen LogP contribution in [0.1, 0.15) is 103 Å². The van der Waals surface area contributed by atoms with Crippen LogP contribution in [0.2, 0.25) is 0 Å². The first-order valence-corrected chi connectivity index (χ1v) is 37.7. The van der Waals surface area contributed by atoms with Gasteiger partial charge in [0, 0.05) is 0 Å². The van der Waals surface area contributed by atoms with Gasteiger partial charge >= 0.3 is 360 Å². The van der Waals surface area contributed by atoms with Gasteiger partial charge in [-0.2, -0.15) is 0 Å². The van der Waals surface area contributed by atoms with Crippen LogP contribution >= 0.6 is 17.2 Å². The van der Waals surface area contributed by atoms with Crippen molar-refractivity contribution in [3.05, 3.63) is 170 Å². The van der Waals surface area contributed by atoms with Crippen molar-refractivity contribution in [2.24, 2.45) is 0 Å². The zero-order valence-corrected chi connectivity index (χ0v) is 41.9. The van der Waals surface area contributed by atoms with Crippen LogP contribution in [0.15, 0.2) is 114 Å². The molecule has 2 unspecified atom stereocenters. The van der Waals surface area contributed by atoms with Gasteiger partial charge in [-0.1, -0.05) is 0 Å². The van der Waals surface area contributed by atoms with Gasteiger partial charge in [0.1, 0.15) is 0 Å². The molecule has 0 radical (unpaired) electrons. The number of allylic oxidation sites excluding steroid dienone is 2. The van der Waals surface area contributed by atoms with Crippen molar-refractivity contribution in [1.29, 1.82) is 0 Å². The molecule has 0 spiro atoms. The molecule has 1 aliphatic heterocycles. The van der Waals surface area contributed by atoms with Crippen molar-refractivity contribution in [1.82, 2.24) is 0 Å². The number of aryl methyl sites for hydroxylation is 4. The summed E-state index contributed by atoms with van der Waals surface area (Å²) in [6.07, 6.45) is 9.10. The van der Waals surface area contributed by atoms with E-state index in [2.05, 4.69) is 171 Å². The normalized spacial score (nSPS) is 17.7. The van der Waals surface area contributed by atoms with Gasteiger partial charge in [-0.05, 0) is 0 Å². The van der Waals surface area contributed by atoms with Gasteiger partial charge in [0.05, 0.1) is 0 Å². The van der Waals surface area contributed by atoms with E-state index in [1.807, 2.05) is 0 Å². The van der Waals surface area contributed by atoms with Crippen LogP contribution < -0.4 is 13.7 Å². The molecule has 58 heavy (non-hydrogen) atoms. The fourth-order valence-corrected chi connectivity index (χ4v) is 50.5. The van der Waals surface area contributed by atoms with E-state index in [4.69, 9.17) is 0 Å². The summed E-state index contributed by atoms with van der Waals surface area (Å²) in [6.45, 7) is 18.1. The zero-order valence-electron chi connectivity index (χ0n) is 35.4. The Kier molecular flexibility index (Phi) is 10.2. The Bertz CT molecular complexity index is 2610. The van der Waals surface area contributed by atoms with Crippen LogP contribution in [0.25, 0.3) is 45.5 Å². The van der Waals surface area contributed by atoms with Gasteiger partial charge in [-0.15, -0.1) is 0 Å². The predicted molar refractivity (Wildman–Crippen MR) is 254 cm³/mol. The molecule has 6 aromatic rings. The number of rotatable bonds is 9. The van der Waals surface area contributed by atoms with E-state index < -0.39 is 25.7 Å². The van der Waals surface area contributed by atoms with Crippen molar-refractivity contribution in [2.45, 2.75) is 88.4 Å². The van der Waals surface area contributed by atoms with Crippen LogP contribution in [0, 0.1) is 41.5 Å². The summed E-state index contributed by atoms with van der Waals surface area (Å²) in [5.41, 5.74) is 24.1. The number of hydrogen-bond donors (Lipinski definition) is 0. The molecule has 0 fully saturated rings. The first-order valence-electron chi connectivity index (χ1n) is 21.5. The SMILES string of the molecule is CCCC1=Cc2c(-c3cc(C)cc(C)c3C)cccc2[CH]1[Hf]([Cl])([Cl])([c]1cccc2c1[SiH2]c1ccccc1-2)[CH]1C(CCC)=Cc2c(-c3cc(C)cc(C)c3C)cccc21. The molecule has 0 amide bonds. The summed E-state index contributed by atoms with van der Waals surface area (Å²) in [6, 6.07) is 39.6. The van der Waals surface area contributed by atoms with Crippen LogP contribution in [-0.4, -0.2) is 9.52 Å². The molecular weight excluding hydrogens is 926 g/mol. The second-order valence-electron chi connectivity index (χ2n) is 17.7. The molecule has 0 N–H and O–H groups in total. The Morgan fingerprint density at radius 2 is 0.983 bits per heavy atom. The van der Waals surface area contributed by atoms with E-state index in [1.165, 1.54) is 114 Å². The predicted octanol–water partition coefficient (Wildman–Crippen LogP) is 13.5. The standard InChI is InChI=1S/2C21H23.C12H9Si.2ClH.Hf/c2*1-5-7-17-12-18-8-6-9-19(21(18)13-17)20-11-14(2)10-15(3)16(20)4;1-3-7-11-9(5-1)10-6-2-4-8-12(10)13-11;;;/h2*6,8-13H,5,7H2,1-4H3;1-7H,13H2;2*1H;/q;;;;;+2/p-2. The van der Waals surface area contributed by atoms with E-state index in [1.54, 1.807) is 0 Å². The fraction of sp³-hybridized carbons (Fsp3) is 0.259. The summed E-state index contributed by atoms with van der Waals surface area (Å²) in [4.78, 5) is 0. The monoisotopic (exact) mass is 981 g/mol. The van der Waals surface area contributed by atoms with Crippen molar-refractivity contribution in [3.63, 3.8) is 0 Å². The fourth-order valence-electron chi connectivity index (χ4n) is 11.4. The molecule has 2 atom stereocenters. The first-order chi connectivity index (χ1) is 27.8. The van der Waals surface area contributed by atoms with Crippen molar-refractivity contribution in [3.8, 4) is 33.4 Å². The summed E-state index contributed by atoms with van der Waals surface area (Å²) in [5.74, 6) is 0. The number of fused-ring (bicyclic) bond motifs is 5. The molecule has 6 aromatic carbocycles. The number of halogens is 2. The summed E-state index contributed by atoms with van der Waals surface area (Å²) in [5, 5.41) is 2.99.